The van der Waals surface area contributed by atoms with Gasteiger partial charge in [-0.15, -0.1) is 0 Å². The molecule has 2 aromatic carbocycles. The lowest BCUT2D eigenvalue weighted by molar-refractivity contribution is -0.131. The molecule has 9 heteroatoms. The first-order valence-corrected chi connectivity index (χ1v) is 9.36. The molecule has 2 rings (SSSR count). The van der Waals surface area contributed by atoms with Crippen LogP contribution >= 0.6 is 43.5 Å². The van der Waals surface area contributed by atoms with Gasteiger partial charge in [0.15, 0.2) is 13.2 Å². The maximum atomic E-state index is 11.7. The number of carbonyl (C=O) groups excluding carboxylic acids is 2. The molecule has 26 heavy (non-hydrogen) atoms. The molecule has 2 N–H and O–H groups in total. The van der Waals surface area contributed by atoms with Gasteiger partial charge in [0.25, 0.3) is 11.8 Å². The predicted octanol–water partition coefficient (Wildman–Crippen LogP) is 3.78. The topological polar surface area (TPSA) is 76.7 Å². The van der Waals surface area contributed by atoms with Gasteiger partial charge in [-0.25, -0.2) is 0 Å². The summed E-state index contributed by atoms with van der Waals surface area (Å²) in [6.45, 7) is 1.33. The number of ether oxygens (including phenoxy) is 2. The number of hydrazine groups is 1. The van der Waals surface area contributed by atoms with Crippen LogP contribution in [0.25, 0.3) is 0 Å². The molecule has 2 amide bonds. The van der Waals surface area contributed by atoms with E-state index >= 15 is 0 Å². The lowest BCUT2D eigenvalue weighted by Crippen LogP contribution is -2.45. The van der Waals surface area contributed by atoms with Crippen LogP contribution in [0.3, 0.4) is 0 Å². The molecular formula is C17H15Br2ClN2O4. The minimum Gasteiger partial charge on any atom is -0.484 e. The molecule has 2 aromatic rings. The Labute approximate surface area is 172 Å². The molecule has 0 spiro atoms. The van der Waals surface area contributed by atoms with E-state index < -0.39 is 11.8 Å². The van der Waals surface area contributed by atoms with Crippen LogP contribution in [0.2, 0.25) is 5.02 Å². The van der Waals surface area contributed by atoms with Crippen LogP contribution in [0.1, 0.15) is 5.56 Å². The van der Waals surface area contributed by atoms with Gasteiger partial charge in [-0.1, -0.05) is 27.5 Å². The van der Waals surface area contributed by atoms with Crippen molar-refractivity contribution in [3.63, 3.8) is 0 Å². The summed E-state index contributed by atoms with van der Waals surface area (Å²) in [4.78, 5) is 23.4. The maximum absolute atomic E-state index is 11.7. The SMILES string of the molecule is Cc1cc(OCC(=O)NNC(=O)COc2ccc(Br)cc2Br)ccc1Cl. The summed E-state index contributed by atoms with van der Waals surface area (Å²) in [5.74, 6) is 0.0131. The standard InChI is InChI=1S/C17H15Br2ClN2O4/c1-10-6-12(3-4-14(10)20)25-8-16(23)21-22-17(24)9-26-15-5-2-11(18)7-13(15)19/h2-7H,8-9H2,1H3,(H,21,23)(H,22,24). The Bertz CT molecular complexity index is 817. The number of amides is 2. The Morgan fingerprint density at radius 3 is 2.27 bits per heavy atom. The summed E-state index contributed by atoms with van der Waals surface area (Å²) in [6.07, 6.45) is 0. The number of carbonyl (C=O) groups is 2. The summed E-state index contributed by atoms with van der Waals surface area (Å²) in [5.41, 5.74) is 5.34. The number of halogens is 3. The van der Waals surface area contributed by atoms with Gasteiger partial charge in [0.05, 0.1) is 4.47 Å². The molecule has 0 bridgehead atoms. The summed E-state index contributed by atoms with van der Waals surface area (Å²) >= 11 is 12.6. The van der Waals surface area contributed by atoms with Crippen molar-refractivity contribution in [2.75, 3.05) is 13.2 Å². The van der Waals surface area contributed by atoms with E-state index in [0.717, 1.165) is 10.0 Å². The summed E-state index contributed by atoms with van der Waals surface area (Å²) in [7, 11) is 0. The van der Waals surface area contributed by atoms with Crippen molar-refractivity contribution in [1.29, 1.82) is 0 Å². The highest BCUT2D eigenvalue weighted by atomic mass is 79.9. The molecule has 138 valence electrons. The predicted molar refractivity (Wildman–Crippen MR) is 105 cm³/mol. The first-order valence-electron chi connectivity index (χ1n) is 7.39. The molecule has 0 aliphatic rings. The fourth-order valence-corrected chi connectivity index (χ4v) is 3.08. The van der Waals surface area contributed by atoms with E-state index in [0.29, 0.717) is 21.0 Å². The summed E-state index contributed by atoms with van der Waals surface area (Å²) in [6, 6.07) is 10.4. The van der Waals surface area contributed by atoms with Crippen molar-refractivity contribution in [1.82, 2.24) is 10.9 Å². The zero-order valence-electron chi connectivity index (χ0n) is 13.6. The Kier molecular flexibility index (Phi) is 7.74. The lowest BCUT2D eigenvalue weighted by Gasteiger charge is -2.11. The Balaban J connectivity index is 1.71. The first-order chi connectivity index (χ1) is 12.3. The van der Waals surface area contributed by atoms with Gasteiger partial charge < -0.3 is 9.47 Å². The van der Waals surface area contributed by atoms with Crippen LogP contribution in [-0.4, -0.2) is 25.0 Å². The number of hydrogen-bond acceptors (Lipinski definition) is 4. The van der Waals surface area contributed by atoms with E-state index in [9.17, 15) is 9.59 Å². The van der Waals surface area contributed by atoms with E-state index in [2.05, 4.69) is 42.7 Å². The highest BCUT2D eigenvalue weighted by molar-refractivity contribution is 9.11. The molecule has 0 radical (unpaired) electrons. The number of benzene rings is 2. The van der Waals surface area contributed by atoms with Crippen molar-refractivity contribution in [2.45, 2.75) is 6.92 Å². The average Bonchev–Trinajstić information content (AvgIpc) is 2.60. The first kappa shape index (κ1) is 20.5. The van der Waals surface area contributed by atoms with Gasteiger partial charge in [0.2, 0.25) is 0 Å². The molecule has 0 aromatic heterocycles. The van der Waals surface area contributed by atoms with E-state index in [1.807, 2.05) is 6.92 Å². The van der Waals surface area contributed by atoms with E-state index in [1.54, 1.807) is 36.4 Å². The Morgan fingerprint density at radius 1 is 1.00 bits per heavy atom. The molecule has 0 fully saturated rings. The van der Waals surface area contributed by atoms with Crippen molar-refractivity contribution in [2.24, 2.45) is 0 Å². The van der Waals surface area contributed by atoms with Gasteiger partial charge in [0.1, 0.15) is 11.5 Å². The Morgan fingerprint density at radius 2 is 1.65 bits per heavy atom. The fourth-order valence-electron chi connectivity index (χ4n) is 1.80. The number of rotatable bonds is 6. The van der Waals surface area contributed by atoms with Crippen LogP contribution in [0.4, 0.5) is 0 Å². The van der Waals surface area contributed by atoms with E-state index in [4.69, 9.17) is 21.1 Å². The van der Waals surface area contributed by atoms with Gasteiger partial charge in [0, 0.05) is 9.50 Å². The largest absolute Gasteiger partial charge is 0.484 e. The second kappa shape index (κ2) is 9.80. The molecule has 0 aliphatic heterocycles. The third-order valence-electron chi connectivity index (χ3n) is 3.09. The van der Waals surface area contributed by atoms with Gasteiger partial charge in [-0.05, 0) is 64.8 Å². The van der Waals surface area contributed by atoms with Crippen molar-refractivity contribution in [3.8, 4) is 11.5 Å². The number of hydrogen-bond donors (Lipinski definition) is 2. The van der Waals surface area contributed by atoms with E-state index in [1.165, 1.54) is 0 Å². The fraction of sp³-hybridized carbons (Fsp3) is 0.176. The molecule has 0 atom stereocenters. The molecule has 0 aliphatic carbocycles. The quantitative estimate of drug-likeness (QED) is 0.585. The normalized spacial score (nSPS) is 10.2. The monoisotopic (exact) mass is 504 g/mol. The smallest absolute Gasteiger partial charge is 0.276 e. The molecule has 0 saturated carbocycles. The highest BCUT2D eigenvalue weighted by Gasteiger charge is 2.08. The van der Waals surface area contributed by atoms with E-state index in [-0.39, 0.29) is 13.2 Å². The van der Waals surface area contributed by atoms with Crippen molar-refractivity contribution < 1.29 is 19.1 Å². The van der Waals surface area contributed by atoms with Crippen LogP contribution in [0.5, 0.6) is 11.5 Å². The third-order valence-corrected chi connectivity index (χ3v) is 4.63. The zero-order valence-corrected chi connectivity index (χ0v) is 17.6. The lowest BCUT2D eigenvalue weighted by atomic mass is 10.2. The van der Waals surface area contributed by atoms with Gasteiger partial charge in [-0.2, -0.15) is 0 Å². The molecular weight excluding hydrogens is 491 g/mol. The summed E-state index contributed by atoms with van der Waals surface area (Å²) in [5, 5.41) is 0.617. The minimum absolute atomic E-state index is 0.250. The minimum atomic E-state index is -0.504. The van der Waals surface area contributed by atoms with Gasteiger partial charge in [-0.3, -0.25) is 20.4 Å². The average molecular weight is 507 g/mol. The second-order valence-electron chi connectivity index (χ2n) is 5.16. The maximum Gasteiger partial charge on any atom is 0.276 e. The van der Waals surface area contributed by atoms with Gasteiger partial charge >= 0.3 is 0 Å². The van der Waals surface area contributed by atoms with Crippen LogP contribution < -0.4 is 20.3 Å². The molecule has 0 saturated heterocycles. The molecule has 0 heterocycles. The van der Waals surface area contributed by atoms with Crippen LogP contribution in [0.15, 0.2) is 45.3 Å². The van der Waals surface area contributed by atoms with Crippen molar-refractivity contribution in [3.05, 3.63) is 55.9 Å². The zero-order chi connectivity index (χ0) is 19.1. The van der Waals surface area contributed by atoms with Crippen LogP contribution in [-0.2, 0) is 9.59 Å². The molecule has 6 nitrogen and oxygen atoms in total. The van der Waals surface area contributed by atoms with Crippen molar-refractivity contribution >= 4 is 55.3 Å². The number of nitrogens with one attached hydrogen (secondary N) is 2. The Hall–Kier alpha value is -1.77. The third kappa shape index (κ3) is 6.51. The highest BCUT2D eigenvalue weighted by Crippen LogP contribution is 2.28. The van der Waals surface area contributed by atoms with Crippen LogP contribution in [0, 0.1) is 6.92 Å². The molecule has 0 unspecified atom stereocenters. The second-order valence-corrected chi connectivity index (χ2v) is 7.34. The number of aryl methyl sites for hydroxylation is 1. The summed E-state index contributed by atoms with van der Waals surface area (Å²) < 4.78 is 12.3.